The minimum absolute atomic E-state index is 0.164. The Morgan fingerprint density at radius 1 is 1.14 bits per heavy atom. The van der Waals surface area contributed by atoms with E-state index < -0.39 is 24.0 Å². The highest BCUT2D eigenvalue weighted by molar-refractivity contribution is 7.13. The second-order valence-corrected chi connectivity index (χ2v) is 7.51. The van der Waals surface area contributed by atoms with Gasteiger partial charge in [-0.05, 0) is 29.5 Å². The van der Waals surface area contributed by atoms with E-state index in [0.29, 0.717) is 11.4 Å². The summed E-state index contributed by atoms with van der Waals surface area (Å²) in [6, 6.07) is 13.5. The lowest BCUT2D eigenvalue weighted by atomic mass is 10.1. The molecule has 0 spiro atoms. The first kappa shape index (κ1) is 20.3. The number of nitrogens with zero attached hydrogens (tertiary/aromatic N) is 2. The number of carbonyl (C=O) groups is 3. The maximum Gasteiger partial charge on any atom is 0.357 e. The molecular formula is C20H20N4O4S. The van der Waals surface area contributed by atoms with Crippen molar-refractivity contribution < 1.29 is 19.1 Å². The van der Waals surface area contributed by atoms with E-state index in [1.165, 1.54) is 16.0 Å². The maximum atomic E-state index is 13.0. The average molecular weight is 412 g/mol. The first-order valence-corrected chi connectivity index (χ1v) is 9.75. The summed E-state index contributed by atoms with van der Waals surface area (Å²) in [7, 11) is 0. The second kappa shape index (κ2) is 8.70. The molecule has 0 fully saturated rings. The van der Waals surface area contributed by atoms with Gasteiger partial charge in [-0.2, -0.15) is 5.10 Å². The second-order valence-electron chi connectivity index (χ2n) is 6.56. The number of primary amides is 1. The van der Waals surface area contributed by atoms with Gasteiger partial charge in [-0.25, -0.2) is 14.3 Å². The zero-order valence-corrected chi connectivity index (χ0v) is 16.7. The third-order valence-electron chi connectivity index (χ3n) is 4.04. The van der Waals surface area contributed by atoms with Crippen LogP contribution in [0.3, 0.4) is 0 Å². The molecule has 1 atom stereocenters. The van der Waals surface area contributed by atoms with E-state index in [1.54, 1.807) is 19.9 Å². The molecule has 3 aromatic rings. The molecule has 0 bridgehead atoms. The van der Waals surface area contributed by atoms with Crippen LogP contribution in [0, 0.1) is 5.92 Å². The molecule has 8 nitrogen and oxygen atoms in total. The number of thiophene rings is 1. The van der Waals surface area contributed by atoms with Crippen LogP contribution in [0.4, 0.5) is 4.79 Å². The zero-order chi connectivity index (χ0) is 21.0. The number of para-hydroxylation sites is 1. The quantitative estimate of drug-likeness (QED) is 0.604. The van der Waals surface area contributed by atoms with Crippen molar-refractivity contribution in [1.29, 1.82) is 0 Å². The number of carbonyl (C=O) groups excluding carboxylic acids is 3. The van der Waals surface area contributed by atoms with Crippen molar-refractivity contribution in [3.63, 3.8) is 0 Å². The number of amides is 3. The number of esters is 1. The standard InChI is InChI=1S/C20H20N4O4S/c1-12(2)17(18(25)22-20(21)27)28-19(26)15-11-14(16-9-6-10-29-16)23-24(15)13-7-4-3-5-8-13/h3-12,17H,1-2H3,(H3,21,22,25,27)/t17-/m0/s1. The molecule has 0 saturated heterocycles. The molecular weight excluding hydrogens is 392 g/mol. The molecule has 1 aromatic carbocycles. The average Bonchev–Trinajstić information content (AvgIpc) is 3.35. The van der Waals surface area contributed by atoms with E-state index in [9.17, 15) is 14.4 Å². The fourth-order valence-corrected chi connectivity index (χ4v) is 3.38. The fourth-order valence-electron chi connectivity index (χ4n) is 2.70. The van der Waals surface area contributed by atoms with Crippen LogP contribution in [0.15, 0.2) is 53.9 Å². The number of rotatable bonds is 6. The van der Waals surface area contributed by atoms with Gasteiger partial charge in [-0.1, -0.05) is 38.1 Å². The highest BCUT2D eigenvalue weighted by Gasteiger charge is 2.30. The van der Waals surface area contributed by atoms with Crippen molar-refractivity contribution in [1.82, 2.24) is 15.1 Å². The highest BCUT2D eigenvalue weighted by Crippen LogP contribution is 2.26. The Balaban J connectivity index is 1.96. The van der Waals surface area contributed by atoms with Crippen LogP contribution < -0.4 is 11.1 Å². The smallest absolute Gasteiger partial charge is 0.357 e. The first-order valence-electron chi connectivity index (χ1n) is 8.87. The predicted molar refractivity (Wildman–Crippen MR) is 109 cm³/mol. The lowest BCUT2D eigenvalue weighted by molar-refractivity contribution is -0.130. The molecule has 9 heteroatoms. The molecule has 2 aromatic heterocycles. The van der Waals surface area contributed by atoms with E-state index >= 15 is 0 Å². The van der Waals surface area contributed by atoms with Gasteiger partial charge in [-0.3, -0.25) is 10.1 Å². The Bertz CT molecular complexity index is 1010. The van der Waals surface area contributed by atoms with E-state index in [0.717, 1.165) is 4.88 Å². The van der Waals surface area contributed by atoms with Gasteiger partial charge in [0.25, 0.3) is 5.91 Å². The summed E-state index contributed by atoms with van der Waals surface area (Å²) in [4.78, 5) is 37.0. The Hall–Kier alpha value is -3.46. The predicted octanol–water partition coefficient (Wildman–Crippen LogP) is 2.98. The van der Waals surface area contributed by atoms with Crippen LogP contribution in [0.2, 0.25) is 0 Å². The Morgan fingerprint density at radius 3 is 2.45 bits per heavy atom. The van der Waals surface area contributed by atoms with Crippen molar-refractivity contribution in [3.8, 4) is 16.3 Å². The summed E-state index contributed by atoms with van der Waals surface area (Å²) in [6.45, 7) is 3.40. The highest BCUT2D eigenvalue weighted by atomic mass is 32.1. The van der Waals surface area contributed by atoms with Crippen LogP contribution in [-0.2, 0) is 9.53 Å². The monoisotopic (exact) mass is 412 g/mol. The molecule has 0 aliphatic rings. The van der Waals surface area contributed by atoms with Crippen molar-refractivity contribution >= 4 is 29.2 Å². The lowest BCUT2D eigenvalue weighted by Gasteiger charge is -2.20. The number of nitrogens with one attached hydrogen (secondary N) is 1. The molecule has 2 heterocycles. The van der Waals surface area contributed by atoms with Crippen LogP contribution >= 0.6 is 11.3 Å². The number of benzene rings is 1. The summed E-state index contributed by atoms with van der Waals surface area (Å²) in [5, 5.41) is 8.41. The summed E-state index contributed by atoms with van der Waals surface area (Å²) in [5.41, 5.74) is 6.45. The Labute approximate surface area is 171 Å². The minimum atomic E-state index is -1.18. The molecule has 0 aliphatic heterocycles. The minimum Gasteiger partial charge on any atom is -0.447 e. The Kier molecular flexibility index (Phi) is 6.08. The lowest BCUT2D eigenvalue weighted by Crippen LogP contribution is -2.45. The molecule has 3 N–H and O–H groups in total. The van der Waals surface area contributed by atoms with Gasteiger partial charge in [0.1, 0.15) is 5.69 Å². The van der Waals surface area contributed by atoms with E-state index in [-0.39, 0.29) is 11.6 Å². The molecule has 29 heavy (non-hydrogen) atoms. The van der Waals surface area contributed by atoms with Crippen molar-refractivity contribution in [2.45, 2.75) is 20.0 Å². The van der Waals surface area contributed by atoms with E-state index in [4.69, 9.17) is 10.5 Å². The van der Waals surface area contributed by atoms with Gasteiger partial charge in [0, 0.05) is 6.07 Å². The van der Waals surface area contributed by atoms with Gasteiger partial charge in [0.05, 0.1) is 10.6 Å². The summed E-state index contributed by atoms with van der Waals surface area (Å²) < 4.78 is 6.91. The summed E-state index contributed by atoms with van der Waals surface area (Å²) in [5.74, 6) is -1.88. The number of urea groups is 1. The van der Waals surface area contributed by atoms with Crippen LogP contribution in [-0.4, -0.2) is 33.8 Å². The number of aromatic nitrogens is 2. The zero-order valence-electron chi connectivity index (χ0n) is 15.9. The van der Waals surface area contributed by atoms with Gasteiger partial charge in [0.15, 0.2) is 11.8 Å². The van der Waals surface area contributed by atoms with Gasteiger partial charge in [-0.15, -0.1) is 11.3 Å². The largest absolute Gasteiger partial charge is 0.447 e. The van der Waals surface area contributed by atoms with E-state index in [2.05, 4.69) is 5.10 Å². The van der Waals surface area contributed by atoms with Crippen LogP contribution in [0.25, 0.3) is 16.3 Å². The molecule has 150 valence electrons. The number of nitrogens with two attached hydrogens (primary N) is 1. The number of hydrogen-bond acceptors (Lipinski definition) is 6. The summed E-state index contributed by atoms with van der Waals surface area (Å²) in [6.07, 6.45) is -1.18. The summed E-state index contributed by atoms with van der Waals surface area (Å²) >= 11 is 1.49. The third kappa shape index (κ3) is 4.69. The first-order chi connectivity index (χ1) is 13.9. The normalized spacial score (nSPS) is 11.8. The third-order valence-corrected chi connectivity index (χ3v) is 4.93. The van der Waals surface area contributed by atoms with Gasteiger partial charge >= 0.3 is 12.0 Å². The van der Waals surface area contributed by atoms with Gasteiger partial charge in [0.2, 0.25) is 0 Å². The number of ether oxygens (including phenoxy) is 1. The van der Waals surface area contributed by atoms with E-state index in [1.807, 2.05) is 53.2 Å². The topological polar surface area (TPSA) is 116 Å². The van der Waals surface area contributed by atoms with Crippen molar-refractivity contribution in [2.24, 2.45) is 11.7 Å². The molecule has 0 radical (unpaired) electrons. The van der Waals surface area contributed by atoms with Crippen molar-refractivity contribution in [3.05, 3.63) is 59.6 Å². The van der Waals surface area contributed by atoms with Crippen LogP contribution in [0.5, 0.6) is 0 Å². The maximum absolute atomic E-state index is 13.0. The molecule has 3 rings (SSSR count). The number of hydrogen-bond donors (Lipinski definition) is 2. The molecule has 3 amide bonds. The number of imide groups is 1. The molecule has 0 saturated carbocycles. The Morgan fingerprint density at radius 2 is 1.86 bits per heavy atom. The fraction of sp³-hybridized carbons (Fsp3) is 0.200. The molecule has 0 aliphatic carbocycles. The molecule has 0 unspecified atom stereocenters. The van der Waals surface area contributed by atoms with Crippen molar-refractivity contribution in [2.75, 3.05) is 0 Å². The van der Waals surface area contributed by atoms with Gasteiger partial charge < -0.3 is 10.5 Å². The van der Waals surface area contributed by atoms with Crippen LogP contribution in [0.1, 0.15) is 24.3 Å². The SMILES string of the molecule is CC(C)[C@H](OC(=O)c1cc(-c2cccs2)nn1-c1ccccc1)C(=O)NC(N)=O.